The van der Waals surface area contributed by atoms with Gasteiger partial charge in [0.05, 0.1) is 11.2 Å². The van der Waals surface area contributed by atoms with Gasteiger partial charge in [-0.1, -0.05) is 17.3 Å². The molecule has 0 bridgehead atoms. The average molecular weight is 315 g/mol. The van der Waals surface area contributed by atoms with Crippen molar-refractivity contribution in [1.29, 1.82) is 0 Å². The molecule has 8 heteroatoms. The Bertz CT molecular complexity index is 889. The third kappa shape index (κ3) is 2.80. The third-order valence-electron chi connectivity index (χ3n) is 2.99. The molecule has 112 valence electrons. The molecule has 0 aromatic carbocycles. The fourth-order valence-corrected chi connectivity index (χ4v) is 3.00. The van der Waals surface area contributed by atoms with E-state index >= 15 is 0 Å². The van der Waals surface area contributed by atoms with Gasteiger partial charge < -0.3 is 15.7 Å². The lowest BCUT2D eigenvalue weighted by Gasteiger charge is -2.11. The summed E-state index contributed by atoms with van der Waals surface area (Å²) in [6.45, 7) is 1.90. The molecule has 3 aromatic rings. The van der Waals surface area contributed by atoms with Crippen LogP contribution in [0.2, 0.25) is 0 Å². The molecule has 0 fully saturated rings. The van der Waals surface area contributed by atoms with E-state index in [1.165, 1.54) is 11.3 Å². The van der Waals surface area contributed by atoms with Crippen LogP contribution in [0.25, 0.3) is 16.0 Å². The molecule has 0 aliphatic heterocycles. The van der Waals surface area contributed by atoms with Crippen molar-refractivity contribution in [1.82, 2.24) is 19.7 Å². The Balaban J connectivity index is 1.88. The number of hydrogen-bond donors (Lipinski definition) is 3. The molecule has 3 aromatic heterocycles. The molecule has 1 atom stereocenters. The number of imidazole rings is 1. The summed E-state index contributed by atoms with van der Waals surface area (Å²) in [7, 11) is 0. The van der Waals surface area contributed by atoms with E-state index in [0.717, 1.165) is 16.0 Å². The fourth-order valence-electron chi connectivity index (χ4n) is 2.09. The van der Waals surface area contributed by atoms with Crippen LogP contribution in [0, 0.1) is 11.8 Å². The largest absolute Gasteiger partial charge is 0.465 e. The van der Waals surface area contributed by atoms with Crippen molar-refractivity contribution in [2.75, 3.05) is 11.9 Å². The molecule has 7 nitrogen and oxygen atoms in total. The van der Waals surface area contributed by atoms with E-state index < -0.39 is 6.09 Å². The number of pyridine rings is 1. The zero-order valence-electron chi connectivity index (χ0n) is 11.7. The number of anilines is 1. The van der Waals surface area contributed by atoms with Crippen LogP contribution in [0.15, 0.2) is 24.5 Å². The molecule has 1 amide bonds. The Morgan fingerprint density at radius 1 is 1.55 bits per heavy atom. The highest BCUT2D eigenvalue weighted by Gasteiger charge is 2.12. The Morgan fingerprint density at radius 3 is 3.18 bits per heavy atom. The molecule has 0 saturated heterocycles. The first-order valence-corrected chi connectivity index (χ1v) is 7.37. The van der Waals surface area contributed by atoms with E-state index in [9.17, 15) is 4.79 Å². The molecular formula is C14H13N5O2S. The van der Waals surface area contributed by atoms with Gasteiger partial charge in [0.15, 0.2) is 10.8 Å². The summed E-state index contributed by atoms with van der Waals surface area (Å²) >= 11 is 1.49. The van der Waals surface area contributed by atoms with Crippen molar-refractivity contribution in [2.24, 2.45) is 0 Å². The van der Waals surface area contributed by atoms with E-state index in [4.69, 9.17) is 5.11 Å². The van der Waals surface area contributed by atoms with Crippen molar-refractivity contribution >= 4 is 38.6 Å². The van der Waals surface area contributed by atoms with Gasteiger partial charge in [-0.05, 0) is 19.1 Å². The third-order valence-corrected chi connectivity index (χ3v) is 3.93. The smallest absolute Gasteiger partial charge is 0.404 e. The summed E-state index contributed by atoms with van der Waals surface area (Å²) in [6, 6.07) is 3.57. The number of thiazole rings is 1. The predicted octanol–water partition coefficient (Wildman–Crippen LogP) is 2.02. The lowest BCUT2D eigenvalue weighted by molar-refractivity contribution is 0.194. The zero-order chi connectivity index (χ0) is 15.5. The summed E-state index contributed by atoms with van der Waals surface area (Å²) in [5.41, 5.74) is 1.65. The van der Waals surface area contributed by atoms with Crippen molar-refractivity contribution < 1.29 is 9.90 Å². The minimum absolute atomic E-state index is 0.187. The summed E-state index contributed by atoms with van der Waals surface area (Å²) in [5, 5.41) is 14.9. The van der Waals surface area contributed by atoms with Crippen LogP contribution in [0.1, 0.15) is 6.92 Å². The lowest BCUT2D eigenvalue weighted by atomic mass is 10.3. The van der Waals surface area contributed by atoms with Gasteiger partial charge in [-0.2, -0.15) is 0 Å². The Kier molecular flexibility index (Phi) is 3.80. The van der Waals surface area contributed by atoms with Crippen LogP contribution in [0.5, 0.6) is 0 Å². The zero-order valence-corrected chi connectivity index (χ0v) is 12.5. The van der Waals surface area contributed by atoms with Gasteiger partial charge in [0.1, 0.15) is 11.7 Å². The second-order valence-electron chi connectivity index (χ2n) is 4.47. The number of nitrogens with zero attached hydrogens (tertiary/aromatic N) is 3. The highest BCUT2D eigenvalue weighted by atomic mass is 32.1. The maximum absolute atomic E-state index is 10.6. The van der Waals surface area contributed by atoms with Crippen molar-refractivity contribution in [2.45, 2.75) is 13.0 Å². The number of aromatic nitrogens is 3. The van der Waals surface area contributed by atoms with Crippen LogP contribution < -0.4 is 10.6 Å². The first kappa shape index (κ1) is 14.2. The lowest BCUT2D eigenvalue weighted by Crippen LogP contribution is -2.34. The summed E-state index contributed by atoms with van der Waals surface area (Å²) in [4.78, 5) is 19.4. The second-order valence-corrected chi connectivity index (χ2v) is 5.50. The molecule has 22 heavy (non-hydrogen) atoms. The summed E-state index contributed by atoms with van der Waals surface area (Å²) < 4.78 is 2.93. The normalized spacial score (nSPS) is 11.9. The van der Waals surface area contributed by atoms with Gasteiger partial charge in [0.2, 0.25) is 0 Å². The maximum Gasteiger partial charge on any atom is 0.404 e. The van der Waals surface area contributed by atoms with E-state index in [1.807, 2.05) is 22.7 Å². The van der Waals surface area contributed by atoms with Crippen LogP contribution in [0.3, 0.4) is 0 Å². The quantitative estimate of drug-likeness (QED) is 0.641. The van der Waals surface area contributed by atoms with E-state index in [2.05, 4.69) is 32.4 Å². The van der Waals surface area contributed by atoms with Crippen LogP contribution in [-0.2, 0) is 0 Å². The van der Waals surface area contributed by atoms with Gasteiger partial charge in [0, 0.05) is 12.4 Å². The molecule has 0 aliphatic rings. The fraction of sp³-hybridized carbons (Fsp3) is 0.214. The standard InChI is InChI=1S/C14H13N5O2S/c1-2-3-9(8-16-14(20)21)17-13-18-12-10(22-13)4-5-11-15-6-7-19(11)12/h4-7,9,16H,8H2,1H3,(H,17,18)(H,20,21). The molecule has 3 N–H and O–H groups in total. The molecule has 3 rings (SSSR count). The van der Waals surface area contributed by atoms with Crippen molar-refractivity contribution in [3.05, 3.63) is 24.5 Å². The second kappa shape index (κ2) is 5.91. The van der Waals surface area contributed by atoms with Gasteiger partial charge in [-0.25, -0.2) is 14.8 Å². The summed E-state index contributed by atoms with van der Waals surface area (Å²) in [5.74, 6) is 5.71. The van der Waals surface area contributed by atoms with Crippen LogP contribution in [0.4, 0.5) is 9.93 Å². The molecular weight excluding hydrogens is 302 g/mol. The predicted molar refractivity (Wildman–Crippen MR) is 85.3 cm³/mol. The SMILES string of the molecule is CC#CC(CNC(=O)O)Nc1nc2c(ccc3nccn32)s1. The Hall–Kier alpha value is -2.79. The van der Waals surface area contributed by atoms with E-state index in [1.54, 1.807) is 13.1 Å². The molecule has 0 saturated carbocycles. The minimum atomic E-state index is -1.07. The monoisotopic (exact) mass is 315 g/mol. The number of carboxylic acid groups (broad SMARTS) is 1. The highest BCUT2D eigenvalue weighted by molar-refractivity contribution is 7.22. The maximum atomic E-state index is 10.6. The Labute approximate surface area is 130 Å². The van der Waals surface area contributed by atoms with Gasteiger partial charge >= 0.3 is 6.09 Å². The number of carbonyl (C=O) groups is 1. The van der Waals surface area contributed by atoms with Crippen LogP contribution in [-0.4, -0.2) is 38.2 Å². The number of nitrogens with one attached hydrogen (secondary N) is 2. The first-order chi connectivity index (χ1) is 10.7. The van der Waals surface area contributed by atoms with Crippen molar-refractivity contribution in [3.63, 3.8) is 0 Å². The molecule has 0 spiro atoms. The average Bonchev–Trinajstić information content (AvgIpc) is 3.09. The van der Waals surface area contributed by atoms with Gasteiger partial charge in [-0.15, -0.1) is 5.92 Å². The highest BCUT2D eigenvalue weighted by Crippen LogP contribution is 2.26. The Morgan fingerprint density at radius 2 is 2.41 bits per heavy atom. The van der Waals surface area contributed by atoms with E-state index in [0.29, 0.717) is 5.13 Å². The van der Waals surface area contributed by atoms with Gasteiger partial charge in [-0.3, -0.25) is 4.40 Å². The van der Waals surface area contributed by atoms with Crippen molar-refractivity contribution in [3.8, 4) is 11.8 Å². The molecule has 0 radical (unpaired) electrons. The topological polar surface area (TPSA) is 91.5 Å². The first-order valence-electron chi connectivity index (χ1n) is 6.55. The molecule has 1 unspecified atom stereocenters. The molecule has 0 aliphatic carbocycles. The number of hydrogen-bond acceptors (Lipinski definition) is 5. The van der Waals surface area contributed by atoms with Gasteiger partial charge in [0.25, 0.3) is 0 Å². The van der Waals surface area contributed by atoms with E-state index in [-0.39, 0.29) is 12.6 Å². The molecule has 3 heterocycles. The van der Waals surface area contributed by atoms with Crippen LogP contribution >= 0.6 is 11.3 Å². The number of rotatable bonds is 4. The summed E-state index contributed by atoms with van der Waals surface area (Å²) in [6.07, 6.45) is 2.51. The number of amides is 1. The number of fused-ring (bicyclic) bond motifs is 3. The minimum Gasteiger partial charge on any atom is -0.465 e.